The van der Waals surface area contributed by atoms with Crippen LogP contribution in [0.25, 0.3) is 55.6 Å². The third-order valence-corrected chi connectivity index (χ3v) is 21.8. The summed E-state index contributed by atoms with van der Waals surface area (Å²) in [6, 6.07) is 65.5. The van der Waals surface area contributed by atoms with E-state index in [0.29, 0.717) is 62.6 Å². The van der Waals surface area contributed by atoms with Crippen molar-refractivity contribution in [2.45, 2.75) is 228 Å². The monoisotopic (exact) mass is 1310 g/mol. The van der Waals surface area contributed by atoms with E-state index in [9.17, 15) is 5.26 Å². The highest BCUT2D eigenvalue weighted by atomic mass is 16.7. The zero-order chi connectivity index (χ0) is 69.2. The lowest BCUT2D eigenvalue weighted by molar-refractivity contribution is 0.00578. The Morgan fingerprint density at radius 1 is 0.398 bits per heavy atom. The Bertz CT molecular complexity index is 3510. The van der Waals surface area contributed by atoms with Crippen molar-refractivity contribution in [2.75, 3.05) is 19.8 Å². The van der Waals surface area contributed by atoms with E-state index in [0.717, 1.165) is 116 Å². The Morgan fingerprint density at radius 2 is 0.776 bits per heavy atom. The van der Waals surface area contributed by atoms with Crippen molar-refractivity contribution < 1.29 is 28.3 Å². The van der Waals surface area contributed by atoms with Crippen LogP contribution in [0, 0.1) is 29.1 Å². The van der Waals surface area contributed by atoms with Crippen LogP contribution in [-0.4, -0.2) is 44.2 Å². The van der Waals surface area contributed by atoms with Gasteiger partial charge in [-0.15, -0.1) is 0 Å². The van der Waals surface area contributed by atoms with Gasteiger partial charge in [-0.1, -0.05) is 235 Å². The molecule has 0 aromatic heterocycles. The second-order valence-electron chi connectivity index (χ2n) is 29.5. The zero-order valence-corrected chi connectivity index (χ0v) is 61.5. The lowest BCUT2D eigenvalue weighted by atomic mass is 9.67. The van der Waals surface area contributed by atoms with E-state index < -0.39 is 23.7 Å². The predicted octanol–water partition coefficient (Wildman–Crippen LogP) is 23.5. The van der Waals surface area contributed by atoms with Crippen molar-refractivity contribution in [3.63, 3.8) is 0 Å². The molecule has 0 amide bonds. The Morgan fingerprint density at radius 3 is 1.15 bits per heavy atom. The fourth-order valence-corrected chi connectivity index (χ4v) is 14.5. The van der Waals surface area contributed by atoms with Crippen LogP contribution in [-0.2, 0) is 38.9 Å². The summed E-state index contributed by atoms with van der Waals surface area (Å²) in [6.07, 6.45) is 20.0. The van der Waals surface area contributed by atoms with Gasteiger partial charge in [-0.3, -0.25) is 0 Å². The largest absolute Gasteiger partial charge is 0.494 e. The molecule has 0 N–H and O–H groups in total. The minimum Gasteiger partial charge on any atom is -0.493 e. The summed E-state index contributed by atoms with van der Waals surface area (Å²) >= 11 is 0. The summed E-state index contributed by atoms with van der Waals surface area (Å²) in [6.45, 7) is 29.3. The first-order valence-corrected chi connectivity index (χ1v) is 37.8. The summed E-state index contributed by atoms with van der Waals surface area (Å²) in [5.41, 5.74) is 16.9. The van der Waals surface area contributed by atoms with E-state index in [1.807, 2.05) is 6.07 Å². The number of benzene rings is 8. The van der Waals surface area contributed by atoms with Gasteiger partial charge in [-0.25, -0.2) is 0 Å². The molecule has 5 atom stereocenters. The molecule has 0 saturated carbocycles. The molecule has 0 radical (unpaired) electrons. The zero-order valence-electron chi connectivity index (χ0n) is 61.5. The van der Waals surface area contributed by atoms with E-state index in [-0.39, 0.29) is 6.10 Å². The number of hydrogen-bond acceptors (Lipinski definition) is 7. The van der Waals surface area contributed by atoms with Gasteiger partial charge in [0.25, 0.3) is 0 Å². The van der Waals surface area contributed by atoms with Gasteiger partial charge >= 0.3 is 7.12 Å². The Balaban J connectivity index is 1.14. The molecule has 1 fully saturated rings. The molecule has 98 heavy (non-hydrogen) atoms. The first-order chi connectivity index (χ1) is 47.5. The highest BCUT2D eigenvalue weighted by molar-refractivity contribution is 6.62. The molecule has 5 unspecified atom stereocenters. The van der Waals surface area contributed by atoms with E-state index in [4.69, 9.17) is 28.3 Å². The van der Waals surface area contributed by atoms with Crippen molar-refractivity contribution in [3.05, 3.63) is 203 Å². The number of ether oxygens (including phenoxy) is 4. The third kappa shape index (κ3) is 18.1. The van der Waals surface area contributed by atoms with Gasteiger partial charge < -0.3 is 28.3 Å². The summed E-state index contributed by atoms with van der Waals surface area (Å²) in [5, 5.41) is 11.0. The Hall–Kier alpha value is -7.41. The molecule has 10 rings (SSSR count). The molecule has 1 saturated heterocycles. The minimum atomic E-state index is -0.723. The van der Waals surface area contributed by atoms with Crippen molar-refractivity contribution in [1.29, 1.82) is 5.26 Å². The molecule has 516 valence electrons. The highest BCUT2D eigenvalue weighted by Gasteiger charge is 2.53. The first kappa shape index (κ1) is 73.3. The Labute approximate surface area is 590 Å². The van der Waals surface area contributed by atoms with Gasteiger partial charge in [-0.2, -0.15) is 5.26 Å². The molecule has 0 spiro atoms. The van der Waals surface area contributed by atoms with Crippen LogP contribution in [0.3, 0.4) is 0 Å². The highest BCUT2D eigenvalue weighted by Crippen LogP contribution is 2.54. The second-order valence-corrected chi connectivity index (χ2v) is 29.5. The number of hydrogen-bond donors (Lipinski definition) is 0. The van der Waals surface area contributed by atoms with Crippen molar-refractivity contribution in [2.24, 2.45) is 17.8 Å². The summed E-state index contributed by atoms with van der Waals surface area (Å²) in [4.78, 5) is 0. The smallest absolute Gasteiger partial charge is 0.493 e. The molecule has 7 nitrogen and oxygen atoms in total. The van der Waals surface area contributed by atoms with Gasteiger partial charge in [0.15, 0.2) is 0 Å². The number of rotatable bonds is 37. The minimum absolute atomic E-state index is 0.250. The molecule has 8 heteroatoms. The first-order valence-electron chi connectivity index (χ1n) is 37.8. The molecule has 2 aliphatic rings. The number of unbranched alkanes of at least 4 members (excludes halogenated alkanes) is 4. The maximum Gasteiger partial charge on any atom is 0.494 e. The fourth-order valence-electron chi connectivity index (χ4n) is 14.5. The predicted molar refractivity (Wildman–Crippen MR) is 410 cm³/mol. The lowest BCUT2D eigenvalue weighted by Crippen LogP contribution is -2.41. The maximum atomic E-state index is 11.0. The molecule has 8 aromatic rings. The molecule has 1 aliphatic heterocycles. The molecule has 8 aromatic carbocycles. The van der Waals surface area contributed by atoms with Gasteiger partial charge in [-0.05, 0) is 240 Å². The lowest BCUT2D eigenvalue weighted by Gasteiger charge is -2.34. The van der Waals surface area contributed by atoms with E-state index in [1.165, 1.54) is 92.9 Å². The van der Waals surface area contributed by atoms with Crippen LogP contribution < -0.4 is 19.7 Å². The van der Waals surface area contributed by atoms with Crippen LogP contribution in [0.1, 0.15) is 219 Å². The molecule has 1 aliphatic carbocycles. The normalized spacial score (nSPS) is 16.4. The number of nitrogens with zero attached hydrogens (tertiary/aromatic N) is 1. The van der Waals surface area contributed by atoms with Crippen LogP contribution in [0.5, 0.6) is 17.2 Å². The number of fused-ring (bicyclic) bond motifs is 3. The quantitative estimate of drug-likeness (QED) is 0.0359. The van der Waals surface area contributed by atoms with Gasteiger partial charge in [0.2, 0.25) is 0 Å². The van der Waals surface area contributed by atoms with Crippen molar-refractivity contribution in [3.8, 4) is 79.0 Å². The average molecular weight is 1310 g/mol. The fraction of sp³-hybridized carbons (Fsp3) is 0.456. The van der Waals surface area contributed by atoms with Crippen LogP contribution >= 0.6 is 0 Å². The Kier molecular flexibility index (Phi) is 25.9. The van der Waals surface area contributed by atoms with Gasteiger partial charge in [0.1, 0.15) is 17.2 Å². The van der Waals surface area contributed by atoms with E-state index in [2.05, 4.69) is 253 Å². The topological polar surface area (TPSA) is 79.2 Å². The summed E-state index contributed by atoms with van der Waals surface area (Å²) in [5.74, 6) is 4.26. The van der Waals surface area contributed by atoms with Gasteiger partial charge in [0, 0.05) is 5.41 Å². The third-order valence-electron chi connectivity index (χ3n) is 21.8. The van der Waals surface area contributed by atoms with Crippen LogP contribution in [0.4, 0.5) is 0 Å². The van der Waals surface area contributed by atoms with Crippen LogP contribution in [0.15, 0.2) is 170 Å². The summed E-state index contributed by atoms with van der Waals surface area (Å²) in [7, 11) is -0.590. The number of nitriles is 1. The van der Waals surface area contributed by atoms with Crippen molar-refractivity contribution >= 4 is 12.6 Å². The SMILES string of the molecule is CCCCC(CC)COc1ccc(-c2cc(CC3(Cc4cc(-c5ccc(OCC(CC)CCCC)cc5)cc(-c5ccc(OCC(CC)CCCC)cc5)c4)c4cc(C#N)ccc4-c4ccc(B5OC(C)(C)C(C)(C)O5)cc43)cc(-c3ccc(COC(CC)CCCC)cc3)c2)cc1. The van der Waals surface area contributed by atoms with Crippen molar-refractivity contribution in [1.82, 2.24) is 0 Å². The standard InChI is InChI=1S/C90H112BNO6/c1-13-21-25-64(17-5)60-94-81-41-34-72(35-42-81)76-50-69(49-75(54-76)71-32-29-67(30-33-71)63-93-80(20-8)28-24-16-4)57-90(86-53-68(59-92)31-47-84(86)85-48-40-79(56-87(85)90)91-97-88(9,10)89(11,12)98-91)58-70-51-77(73-36-43-82(44-37-73)95-61-65(18-6)26-22-14-2)55-78(52-70)74-38-45-83(46-39-74)96-62-66(19-7)27-23-15-3/h29-56,64-66,80H,13-28,57-58,60-63H2,1-12H3. The average Bonchev–Trinajstić information content (AvgIpc) is 1.55. The molecular weight excluding hydrogens is 1200 g/mol. The van der Waals surface area contributed by atoms with E-state index in [1.54, 1.807) is 0 Å². The summed E-state index contributed by atoms with van der Waals surface area (Å²) < 4.78 is 40.0. The molecular formula is C90H112BNO6. The second kappa shape index (κ2) is 34.6. The molecule has 0 bridgehead atoms. The van der Waals surface area contributed by atoms with E-state index >= 15 is 0 Å². The van der Waals surface area contributed by atoms with Gasteiger partial charge in [0.05, 0.1) is 55.4 Å². The maximum absolute atomic E-state index is 11.0. The van der Waals surface area contributed by atoms with Crippen LogP contribution in [0.2, 0.25) is 0 Å². The molecule has 1 heterocycles.